The van der Waals surface area contributed by atoms with Gasteiger partial charge in [0.2, 0.25) is 0 Å². The molecule has 0 aliphatic rings. The Morgan fingerprint density at radius 2 is 1.88 bits per heavy atom. The number of benzene rings is 1. The van der Waals surface area contributed by atoms with Crippen LogP contribution in [0.2, 0.25) is 0 Å². The molecule has 0 aliphatic heterocycles. The summed E-state index contributed by atoms with van der Waals surface area (Å²) in [4.78, 5) is 23.5. The van der Waals surface area contributed by atoms with E-state index in [9.17, 15) is 4.79 Å². The number of carbonyl (C=O) groups excluding carboxylic acids is 1. The number of anilines is 2. The number of rotatable bonds is 5. The third kappa shape index (κ3) is 3.31. The van der Waals surface area contributed by atoms with Gasteiger partial charge in [-0.25, -0.2) is 14.8 Å². The number of nitrogens with zero attached hydrogens (tertiary/aromatic N) is 3. The molecule has 0 fully saturated rings. The van der Waals surface area contributed by atoms with Gasteiger partial charge in [-0.2, -0.15) is 0 Å². The maximum Gasteiger partial charge on any atom is 0.341 e. The summed E-state index contributed by atoms with van der Waals surface area (Å²) in [5.74, 6) is -0.373. The van der Waals surface area contributed by atoms with E-state index < -0.39 is 0 Å². The molecule has 0 bridgehead atoms. The summed E-state index contributed by atoms with van der Waals surface area (Å²) in [7, 11) is 0. The number of carbonyl (C=O) groups is 1. The van der Waals surface area contributed by atoms with Crippen LogP contribution in [-0.4, -0.2) is 29.1 Å². The second kappa shape index (κ2) is 7.30. The molecule has 0 amide bonds. The molecule has 0 N–H and O–H groups in total. The topological polar surface area (TPSA) is 55.3 Å². The summed E-state index contributed by atoms with van der Waals surface area (Å²) in [6, 6.07) is 13.9. The maximum absolute atomic E-state index is 12.5. The Balaban J connectivity index is 2.28. The fourth-order valence-electron chi connectivity index (χ4n) is 2.88. The molecular weight excluding hydrogens is 314 g/mol. The van der Waals surface area contributed by atoms with E-state index in [-0.39, 0.29) is 5.97 Å². The average molecular weight is 335 g/mol. The predicted molar refractivity (Wildman–Crippen MR) is 99.4 cm³/mol. The molecule has 2 aromatic heterocycles. The van der Waals surface area contributed by atoms with Crippen molar-refractivity contribution < 1.29 is 9.53 Å². The van der Waals surface area contributed by atoms with E-state index in [1.54, 1.807) is 13.1 Å². The Kier molecular flexibility index (Phi) is 4.93. The summed E-state index contributed by atoms with van der Waals surface area (Å²) >= 11 is 0. The number of hydrogen-bond donors (Lipinski definition) is 0. The number of pyridine rings is 2. The van der Waals surface area contributed by atoms with Gasteiger partial charge in [0.15, 0.2) is 5.65 Å². The first-order valence-corrected chi connectivity index (χ1v) is 8.41. The SMILES string of the molecule is CCOC(=O)c1cnc2nc(C)ccc2c1N(CC)c1ccccc1. The third-order valence-corrected chi connectivity index (χ3v) is 3.99. The van der Waals surface area contributed by atoms with Gasteiger partial charge in [0.1, 0.15) is 5.56 Å². The molecule has 0 atom stereocenters. The monoisotopic (exact) mass is 335 g/mol. The van der Waals surface area contributed by atoms with Crippen LogP contribution in [0.3, 0.4) is 0 Å². The molecule has 0 spiro atoms. The normalized spacial score (nSPS) is 10.7. The number of ether oxygens (including phenoxy) is 1. The van der Waals surface area contributed by atoms with E-state index in [4.69, 9.17) is 4.74 Å². The van der Waals surface area contributed by atoms with Crippen molar-refractivity contribution in [3.8, 4) is 0 Å². The Bertz CT molecular complexity index is 894. The van der Waals surface area contributed by atoms with E-state index in [1.807, 2.05) is 49.4 Å². The van der Waals surface area contributed by atoms with Crippen molar-refractivity contribution in [2.75, 3.05) is 18.1 Å². The van der Waals surface area contributed by atoms with E-state index in [2.05, 4.69) is 21.8 Å². The van der Waals surface area contributed by atoms with Crippen LogP contribution in [0.5, 0.6) is 0 Å². The Hall–Kier alpha value is -2.95. The third-order valence-electron chi connectivity index (χ3n) is 3.99. The zero-order valence-electron chi connectivity index (χ0n) is 14.7. The Morgan fingerprint density at radius 1 is 1.12 bits per heavy atom. The number of para-hydroxylation sites is 1. The minimum absolute atomic E-state index is 0.319. The van der Waals surface area contributed by atoms with Crippen LogP contribution in [-0.2, 0) is 4.74 Å². The van der Waals surface area contributed by atoms with E-state index in [1.165, 1.54) is 0 Å². The van der Waals surface area contributed by atoms with Crippen LogP contribution in [0.4, 0.5) is 11.4 Å². The molecule has 5 heteroatoms. The molecule has 128 valence electrons. The molecule has 1 aromatic carbocycles. The fourth-order valence-corrected chi connectivity index (χ4v) is 2.88. The highest BCUT2D eigenvalue weighted by Crippen LogP contribution is 2.34. The van der Waals surface area contributed by atoms with Gasteiger partial charge in [0, 0.05) is 29.5 Å². The van der Waals surface area contributed by atoms with Crippen molar-refractivity contribution in [3.05, 3.63) is 59.9 Å². The average Bonchev–Trinajstić information content (AvgIpc) is 2.63. The Morgan fingerprint density at radius 3 is 2.56 bits per heavy atom. The molecule has 0 unspecified atom stereocenters. The fraction of sp³-hybridized carbons (Fsp3) is 0.250. The summed E-state index contributed by atoms with van der Waals surface area (Å²) in [6.45, 7) is 6.79. The van der Waals surface area contributed by atoms with E-state index >= 15 is 0 Å². The van der Waals surface area contributed by atoms with Crippen molar-refractivity contribution >= 4 is 28.4 Å². The smallest absolute Gasteiger partial charge is 0.341 e. The quantitative estimate of drug-likeness (QED) is 0.652. The molecule has 3 rings (SSSR count). The second-order valence-electron chi connectivity index (χ2n) is 5.64. The first-order chi connectivity index (χ1) is 12.2. The molecule has 2 heterocycles. The van der Waals surface area contributed by atoms with Crippen molar-refractivity contribution in [1.82, 2.24) is 9.97 Å². The van der Waals surface area contributed by atoms with Gasteiger partial charge >= 0.3 is 5.97 Å². The molecule has 3 aromatic rings. The second-order valence-corrected chi connectivity index (χ2v) is 5.64. The van der Waals surface area contributed by atoms with Gasteiger partial charge in [-0.3, -0.25) is 0 Å². The molecular formula is C20H21N3O2. The van der Waals surface area contributed by atoms with Gasteiger partial charge in [-0.1, -0.05) is 18.2 Å². The van der Waals surface area contributed by atoms with Crippen LogP contribution in [0, 0.1) is 6.92 Å². The van der Waals surface area contributed by atoms with Crippen LogP contribution >= 0.6 is 0 Å². The predicted octanol–water partition coefficient (Wildman–Crippen LogP) is 4.27. The minimum Gasteiger partial charge on any atom is -0.462 e. The summed E-state index contributed by atoms with van der Waals surface area (Å²) < 4.78 is 5.25. The van der Waals surface area contributed by atoms with E-state index in [0.717, 1.165) is 22.5 Å². The highest BCUT2D eigenvalue weighted by atomic mass is 16.5. The number of aromatic nitrogens is 2. The van der Waals surface area contributed by atoms with Crippen LogP contribution in [0.15, 0.2) is 48.7 Å². The molecule has 0 saturated carbocycles. The number of aryl methyl sites for hydroxylation is 1. The number of fused-ring (bicyclic) bond motifs is 1. The number of esters is 1. The molecule has 25 heavy (non-hydrogen) atoms. The Labute approximate surface area is 147 Å². The minimum atomic E-state index is -0.373. The van der Waals surface area contributed by atoms with Gasteiger partial charge < -0.3 is 9.64 Å². The maximum atomic E-state index is 12.5. The van der Waals surface area contributed by atoms with E-state index in [0.29, 0.717) is 24.4 Å². The lowest BCUT2D eigenvalue weighted by Gasteiger charge is -2.26. The lowest BCUT2D eigenvalue weighted by Crippen LogP contribution is -2.21. The first kappa shape index (κ1) is 16.9. The van der Waals surface area contributed by atoms with Crippen molar-refractivity contribution in [3.63, 3.8) is 0 Å². The lowest BCUT2D eigenvalue weighted by molar-refractivity contribution is 0.0527. The van der Waals surface area contributed by atoms with Crippen LogP contribution in [0.25, 0.3) is 11.0 Å². The van der Waals surface area contributed by atoms with Gasteiger partial charge in [-0.15, -0.1) is 0 Å². The molecule has 0 aliphatic carbocycles. The first-order valence-electron chi connectivity index (χ1n) is 8.41. The van der Waals surface area contributed by atoms with Gasteiger partial charge in [-0.05, 0) is 45.0 Å². The van der Waals surface area contributed by atoms with Gasteiger partial charge in [0.05, 0.1) is 12.3 Å². The summed E-state index contributed by atoms with van der Waals surface area (Å²) in [5, 5.41) is 0.835. The highest BCUT2D eigenvalue weighted by molar-refractivity contribution is 6.05. The van der Waals surface area contributed by atoms with Crippen LogP contribution < -0.4 is 4.90 Å². The lowest BCUT2D eigenvalue weighted by atomic mass is 10.1. The van der Waals surface area contributed by atoms with Crippen LogP contribution in [0.1, 0.15) is 29.9 Å². The zero-order chi connectivity index (χ0) is 17.8. The number of hydrogen-bond acceptors (Lipinski definition) is 5. The molecule has 0 radical (unpaired) electrons. The zero-order valence-corrected chi connectivity index (χ0v) is 14.7. The van der Waals surface area contributed by atoms with Crippen molar-refractivity contribution in [1.29, 1.82) is 0 Å². The standard InChI is InChI=1S/C20H21N3O2/c1-4-23(15-9-7-6-8-10-15)18-16-12-11-14(3)22-19(16)21-13-17(18)20(24)25-5-2/h6-13H,4-5H2,1-3H3. The van der Waals surface area contributed by atoms with Crippen molar-refractivity contribution in [2.24, 2.45) is 0 Å². The van der Waals surface area contributed by atoms with Gasteiger partial charge in [0.25, 0.3) is 0 Å². The summed E-state index contributed by atoms with van der Waals surface area (Å²) in [5.41, 5.74) is 3.74. The highest BCUT2D eigenvalue weighted by Gasteiger charge is 2.22. The van der Waals surface area contributed by atoms with Crippen molar-refractivity contribution in [2.45, 2.75) is 20.8 Å². The molecule has 0 saturated heterocycles. The largest absolute Gasteiger partial charge is 0.462 e. The molecule has 5 nitrogen and oxygen atoms in total. The summed E-state index contributed by atoms with van der Waals surface area (Å²) in [6.07, 6.45) is 1.56.